The van der Waals surface area contributed by atoms with Crippen molar-refractivity contribution in [3.05, 3.63) is 0 Å². The second-order valence-corrected chi connectivity index (χ2v) is 5.84. The van der Waals surface area contributed by atoms with Crippen LogP contribution in [0.4, 0.5) is 8.78 Å². The highest BCUT2D eigenvalue weighted by Gasteiger charge is 2.50. The molecular formula is C11H20F2O. The monoisotopic (exact) mass is 206 g/mol. The molecule has 1 N–H and O–H groups in total. The average molecular weight is 206 g/mol. The molecule has 2 unspecified atom stereocenters. The van der Waals surface area contributed by atoms with Gasteiger partial charge in [-0.25, -0.2) is 8.78 Å². The van der Waals surface area contributed by atoms with E-state index < -0.39 is 11.5 Å². The molecule has 1 rings (SSSR count). The zero-order valence-corrected chi connectivity index (χ0v) is 9.40. The summed E-state index contributed by atoms with van der Waals surface area (Å²) < 4.78 is 26.4. The molecular weight excluding hydrogens is 186 g/mol. The van der Waals surface area contributed by atoms with Crippen molar-refractivity contribution in [3.63, 3.8) is 0 Å². The molecule has 14 heavy (non-hydrogen) atoms. The Morgan fingerprint density at radius 2 is 1.71 bits per heavy atom. The largest absolute Gasteiger partial charge is 0.390 e. The van der Waals surface area contributed by atoms with Crippen molar-refractivity contribution in [2.24, 2.45) is 11.3 Å². The summed E-state index contributed by atoms with van der Waals surface area (Å²) >= 11 is 0. The van der Waals surface area contributed by atoms with Crippen LogP contribution in [0.5, 0.6) is 0 Å². The summed E-state index contributed by atoms with van der Waals surface area (Å²) in [5, 5.41) is 10.1. The summed E-state index contributed by atoms with van der Waals surface area (Å²) in [6.07, 6.45) is -0.183. The van der Waals surface area contributed by atoms with Gasteiger partial charge in [0, 0.05) is 12.8 Å². The number of aliphatic hydroxyl groups is 1. The third kappa shape index (κ3) is 2.44. The van der Waals surface area contributed by atoms with Gasteiger partial charge in [-0.3, -0.25) is 0 Å². The van der Waals surface area contributed by atoms with Crippen molar-refractivity contribution < 1.29 is 13.9 Å². The van der Waals surface area contributed by atoms with E-state index in [0.717, 1.165) is 0 Å². The van der Waals surface area contributed by atoms with Crippen LogP contribution in [0.15, 0.2) is 0 Å². The Morgan fingerprint density at radius 3 is 2.07 bits per heavy atom. The lowest BCUT2D eigenvalue weighted by atomic mass is 9.63. The molecule has 0 radical (unpaired) electrons. The van der Waals surface area contributed by atoms with Gasteiger partial charge in [0.1, 0.15) is 0 Å². The minimum Gasteiger partial charge on any atom is -0.390 e. The van der Waals surface area contributed by atoms with Crippen molar-refractivity contribution in [1.29, 1.82) is 0 Å². The van der Waals surface area contributed by atoms with E-state index in [9.17, 15) is 13.9 Å². The number of alkyl halides is 2. The van der Waals surface area contributed by atoms with Gasteiger partial charge in [0.05, 0.1) is 5.60 Å². The first-order chi connectivity index (χ1) is 6.05. The van der Waals surface area contributed by atoms with Crippen LogP contribution in [0.25, 0.3) is 0 Å². The van der Waals surface area contributed by atoms with Crippen molar-refractivity contribution in [2.45, 2.75) is 58.5 Å². The lowest BCUT2D eigenvalue weighted by molar-refractivity contribution is -0.158. The van der Waals surface area contributed by atoms with Crippen LogP contribution in [0, 0.1) is 11.3 Å². The Labute approximate surface area is 84.5 Å². The Morgan fingerprint density at radius 1 is 1.21 bits per heavy atom. The highest BCUT2D eigenvalue weighted by atomic mass is 19.3. The van der Waals surface area contributed by atoms with Crippen LogP contribution >= 0.6 is 0 Å². The van der Waals surface area contributed by atoms with Crippen LogP contribution in [-0.4, -0.2) is 16.6 Å². The minimum absolute atomic E-state index is 0.188. The van der Waals surface area contributed by atoms with Gasteiger partial charge in [0.2, 0.25) is 5.92 Å². The van der Waals surface area contributed by atoms with E-state index in [2.05, 4.69) is 0 Å². The first-order valence-electron chi connectivity index (χ1n) is 5.15. The lowest BCUT2D eigenvalue weighted by Crippen LogP contribution is -2.49. The molecule has 2 atom stereocenters. The van der Waals surface area contributed by atoms with Crippen molar-refractivity contribution >= 4 is 0 Å². The SMILES string of the molecule is CC(C)(C)C1CC(F)(F)CCC1(C)O. The van der Waals surface area contributed by atoms with E-state index in [-0.39, 0.29) is 30.6 Å². The molecule has 1 aliphatic rings. The predicted octanol–water partition coefficient (Wildman–Crippen LogP) is 3.22. The molecule has 0 aromatic carbocycles. The molecule has 0 aromatic heterocycles. The Balaban J connectivity index is 2.88. The maximum Gasteiger partial charge on any atom is 0.248 e. The number of hydrogen-bond acceptors (Lipinski definition) is 1. The van der Waals surface area contributed by atoms with Gasteiger partial charge in [-0.2, -0.15) is 0 Å². The lowest BCUT2D eigenvalue weighted by Gasteiger charge is -2.47. The van der Waals surface area contributed by atoms with Crippen molar-refractivity contribution in [1.82, 2.24) is 0 Å². The third-order valence-corrected chi connectivity index (χ3v) is 3.30. The van der Waals surface area contributed by atoms with Crippen LogP contribution in [0.3, 0.4) is 0 Å². The molecule has 3 heteroatoms. The summed E-state index contributed by atoms with van der Waals surface area (Å²) in [6.45, 7) is 7.41. The van der Waals surface area contributed by atoms with Gasteiger partial charge in [-0.05, 0) is 24.7 Å². The zero-order valence-electron chi connectivity index (χ0n) is 9.40. The second-order valence-electron chi connectivity index (χ2n) is 5.84. The Kier molecular flexibility index (Phi) is 2.68. The number of halogens is 2. The smallest absolute Gasteiger partial charge is 0.248 e. The van der Waals surface area contributed by atoms with E-state index in [1.54, 1.807) is 6.92 Å². The van der Waals surface area contributed by atoms with Gasteiger partial charge < -0.3 is 5.11 Å². The molecule has 1 aliphatic carbocycles. The number of rotatable bonds is 0. The summed E-state index contributed by atoms with van der Waals surface area (Å²) in [5.74, 6) is -2.93. The van der Waals surface area contributed by atoms with Crippen LogP contribution in [-0.2, 0) is 0 Å². The average Bonchev–Trinajstić information content (AvgIpc) is 1.93. The minimum atomic E-state index is -2.60. The normalized spacial score (nSPS) is 38.4. The van der Waals surface area contributed by atoms with E-state index in [1.807, 2.05) is 20.8 Å². The van der Waals surface area contributed by atoms with Crippen LogP contribution in [0.1, 0.15) is 47.0 Å². The van der Waals surface area contributed by atoms with Crippen LogP contribution < -0.4 is 0 Å². The topological polar surface area (TPSA) is 20.2 Å². The zero-order chi connectivity index (χ0) is 11.2. The summed E-state index contributed by atoms with van der Waals surface area (Å²) in [6, 6.07) is 0. The Bertz CT molecular complexity index is 216. The molecule has 1 saturated carbocycles. The van der Waals surface area contributed by atoms with E-state index in [0.29, 0.717) is 0 Å². The molecule has 0 saturated heterocycles. The Hall–Kier alpha value is -0.180. The fourth-order valence-corrected chi connectivity index (χ4v) is 2.47. The van der Waals surface area contributed by atoms with Crippen LogP contribution in [0.2, 0.25) is 0 Å². The van der Waals surface area contributed by atoms with Crippen molar-refractivity contribution in [3.8, 4) is 0 Å². The molecule has 1 nitrogen and oxygen atoms in total. The maximum atomic E-state index is 13.2. The molecule has 0 amide bonds. The van der Waals surface area contributed by atoms with E-state index in [4.69, 9.17) is 0 Å². The van der Waals surface area contributed by atoms with Crippen molar-refractivity contribution in [2.75, 3.05) is 0 Å². The maximum absolute atomic E-state index is 13.2. The van der Waals surface area contributed by atoms with Gasteiger partial charge in [0.25, 0.3) is 0 Å². The van der Waals surface area contributed by atoms with E-state index >= 15 is 0 Å². The molecule has 84 valence electrons. The first-order valence-corrected chi connectivity index (χ1v) is 5.15. The molecule has 0 spiro atoms. The van der Waals surface area contributed by atoms with Gasteiger partial charge in [-0.15, -0.1) is 0 Å². The third-order valence-electron chi connectivity index (χ3n) is 3.30. The molecule has 0 aliphatic heterocycles. The highest BCUT2D eigenvalue weighted by molar-refractivity contribution is 4.97. The summed E-state index contributed by atoms with van der Waals surface area (Å²) in [4.78, 5) is 0. The standard InChI is InChI=1S/C11H20F2O/c1-9(2,3)8-7-11(12,13)6-5-10(8,4)14/h8,14H,5-7H2,1-4H3. The number of hydrogen-bond donors (Lipinski definition) is 1. The highest BCUT2D eigenvalue weighted by Crippen LogP contribution is 2.49. The summed E-state index contributed by atoms with van der Waals surface area (Å²) in [7, 11) is 0. The van der Waals surface area contributed by atoms with Gasteiger partial charge in [-0.1, -0.05) is 20.8 Å². The first kappa shape index (κ1) is 11.9. The second kappa shape index (κ2) is 3.16. The predicted molar refractivity (Wildman–Crippen MR) is 52.4 cm³/mol. The molecule has 0 bridgehead atoms. The fourth-order valence-electron chi connectivity index (χ4n) is 2.47. The summed E-state index contributed by atoms with van der Waals surface area (Å²) in [5.41, 5.74) is -1.22. The fraction of sp³-hybridized carbons (Fsp3) is 1.00. The van der Waals surface area contributed by atoms with E-state index in [1.165, 1.54) is 0 Å². The van der Waals surface area contributed by atoms with Gasteiger partial charge >= 0.3 is 0 Å². The molecule has 0 aromatic rings. The van der Waals surface area contributed by atoms with Gasteiger partial charge in [0.15, 0.2) is 0 Å². The molecule has 1 fully saturated rings. The molecule has 0 heterocycles. The quantitative estimate of drug-likeness (QED) is 0.645.